The van der Waals surface area contributed by atoms with E-state index < -0.39 is 23.9 Å². The van der Waals surface area contributed by atoms with Gasteiger partial charge in [-0.25, -0.2) is 19.2 Å². The molecule has 9 heteroatoms. The Labute approximate surface area is 238 Å². The van der Waals surface area contributed by atoms with Crippen molar-refractivity contribution in [2.75, 3.05) is 0 Å². The van der Waals surface area contributed by atoms with Crippen molar-refractivity contribution in [1.82, 2.24) is 4.98 Å². The number of aromatic carboxylic acids is 4. The maximum absolute atomic E-state index is 12.4. The number of rotatable bonds is 8. The molecule has 0 atom stereocenters. The first-order valence-electron chi connectivity index (χ1n) is 12.5. The van der Waals surface area contributed by atoms with Crippen molar-refractivity contribution in [3.63, 3.8) is 0 Å². The van der Waals surface area contributed by atoms with Gasteiger partial charge in [-0.05, 0) is 52.6 Å². The SMILES string of the molecule is O=C(O)c1cc(-c2ccccc2)cc(C(=O)O)c1-c1cncc(-c2c(C(=O)O)cc(-c3ccccc3)cc2C(=O)O)c1. The highest BCUT2D eigenvalue weighted by atomic mass is 16.4. The molecule has 0 aliphatic rings. The first kappa shape index (κ1) is 27.5. The lowest BCUT2D eigenvalue weighted by Crippen LogP contribution is -2.10. The summed E-state index contributed by atoms with van der Waals surface area (Å²) in [5.74, 6) is -5.55. The van der Waals surface area contributed by atoms with E-state index in [9.17, 15) is 39.6 Å². The van der Waals surface area contributed by atoms with Gasteiger partial charge in [0.2, 0.25) is 0 Å². The summed E-state index contributed by atoms with van der Waals surface area (Å²) in [6.45, 7) is 0. The number of aromatic nitrogens is 1. The molecule has 0 aliphatic heterocycles. The molecule has 4 aromatic carbocycles. The zero-order valence-electron chi connectivity index (χ0n) is 21.7. The molecule has 206 valence electrons. The fourth-order valence-corrected chi connectivity index (χ4v) is 4.89. The van der Waals surface area contributed by atoms with E-state index in [1.165, 1.54) is 42.7 Å². The second-order valence-electron chi connectivity index (χ2n) is 9.31. The average molecular weight is 560 g/mol. The highest BCUT2D eigenvalue weighted by molar-refractivity contribution is 6.09. The van der Waals surface area contributed by atoms with Gasteiger partial charge in [-0.3, -0.25) is 4.98 Å². The molecule has 4 N–H and O–H groups in total. The number of carbonyl (C=O) groups is 4. The van der Waals surface area contributed by atoms with Gasteiger partial charge in [0, 0.05) is 34.6 Å². The quantitative estimate of drug-likeness (QED) is 0.165. The van der Waals surface area contributed by atoms with E-state index in [4.69, 9.17) is 0 Å². The number of hydrogen-bond donors (Lipinski definition) is 4. The highest BCUT2D eigenvalue weighted by Crippen LogP contribution is 2.38. The van der Waals surface area contributed by atoms with Gasteiger partial charge in [0.25, 0.3) is 0 Å². The summed E-state index contributed by atoms with van der Waals surface area (Å²) < 4.78 is 0. The van der Waals surface area contributed by atoms with Crippen LogP contribution >= 0.6 is 0 Å². The molecule has 0 saturated heterocycles. The van der Waals surface area contributed by atoms with Crippen LogP contribution in [-0.2, 0) is 0 Å². The molecule has 0 aliphatic carbocycles. The van der Waals surface area contributed by atoms with Gasteiger partial charge in [0.05, 0.1) is 22.3 Å². The first-order valence-corrected chi connectivity index (χ1v) is 12.5. The third-order valence-corrected chi connectivity index (χ3v) is 6.73. The number of hydrogen-bond acceptors (Lipinski definition) is 5. The van der Waals surface area contributed by atoms with Crippen LogP contribution in [0.25, 0.3) is 44.5 Å². The Balaban J connectivity index is 1.77. The van der Waals surface area contributed by atoms with Crippen molar-refractivity contribution in [2.24, 2.45) is 0 Å². The molecule has 0 fully saturated rings. The van der Waals surface area contributed by atoms with Crippen molar-refractivity contribution in [2.45, 2.75) is 0 Å². The first-order chi connectivity index (χ1) is 20.2. The van der Waals surface area contributed by atoms with Gasteiger partial charge in [0.15, 0.2) is 0 Å². The molecule has 0 amide bonds. The van der Waals surface area contributed by atoms with Gasteiger partial charge in [-0.15, -0.1) is 0 Å². The van der Waals surface area contributed by atoms with E-state index in [0.29, 0.717) is 22.3 Å². The summed E-state index contributed by atoms with van der Waals surface area (Å²) in [6.07, 6.45) is 2.50. The average Bonchev–Trinajstić information content (AvgIpc) is 3.00. The molecule has 9 nitrogen and oxygen atoms in total. The van der Waals surface area contributed by atoms with Crippen LogP contribution in [0.3, 0.4) is 0 Å². The summed E-state index contributed by atoms with van der Waals surface area (Å²) in [7, 11) is 0. The van der Waals surface area contributed by atoms with Crippen LogP contribution in [-0.4, -0.2) is 49.3 Å². The Morgan fingerprint density at radius 1 is 0.405 bits per heavy atom. The summed E-state index contributed by atoms with van der Waals surface area (Å²) in [5.41, 5.74) is 0.502. The minimum Gasteiger partial charge on any atom is -0.478 e. The zero-order valence-corrected chi connectivity index (χ0v) is 21.7. The summed E-state index contributed by atoms with van der Waals surface area (Å²) in [5, 5.41) is 40.4. The van der Waals surface area contributed by atoms with E-state index in [1.54, 1.807) is 60.7 Å². The molecule has 1 heterocycles. The molecule has 0 bridgehead atoms. The van der Waals surface area contributed by atoms with Crippen molar-refractivity contribution in [3.05, 3.63) is 126 Å². The Morgan fingerprint density at radius 3 is 1.00 bits per heavy atom. The van der Waals surface area contributed by atoms with Gasteiger partial charge < -0.3 is 20.4 Å². The predicted molar refractivity (Wildman–Crippen MR) is 154 cm³/mol. The normalized spacial score (nSPS) is 10.7. The van der Waals surface area contributed by atoms with E-state index in [2.05, 4.69) is 4.98 Å². The van der Waals surface area contributed by atoms with Crippen molar-refractivity contribution < 1.29 is 39.6 Å². The minimum atomic E-state index is -1.39. The van der Waals surface area contributed by atoms with Crippen LogP contribution in [0.5, 0.6) is 0 Å². The van der Waals surface area contributed by atoms with E-state index in [0.717, 1.165) is 0 Å². The Kier molecular flexibility index (Phi) is 7.32. The van der Waals surface area contributed by atoms with Crippen LogP contribution in [0.2, 0.25) is 0 Å². The number of pyridine rings is 1. The lowest BCUT2D eigenvalue weighted by molar-refractivity contribution is 0.0678. The fraction of sp³-hybridized carbons (Fsp3) is 0. The zero-order chi connectivity index (χ0) is 30.0. The van der Waals surface area contributed by atoms with Gasteiger partial charge in [-0.2, -0.15) is 0 Å². The summed E-state index contributed by atoms with van der Waals surface area (Å²) in [4.78, 5) is 53.7. The molecular weight excluding hydrogens is 538 g/mol. The number of nitrogens with zero attached hydrogens (tertiary/aromatic N) is 1. The number of carboxylic acid groups (broad SMARTS) is 4. The standard InChI is InChI=1S/C33H21NO8/c35-30(36)24-12-20(18-7-3-1-4-8-18)13-25(31(37)38)28(24)22-11-23(17-34-16-22)29-26(32(39)40)14-21(15-27(29)33(41)42)19-9-5-2-6-10-19/h1-17H,(H,35,36)(H,37,38)(H,39,40)(H,41,42). The van der Waals surface area contributed by atoms with Gasteiger partial charge >= 0.3 is 23.9 Å². The molecule has 0 radical (unpaired) electrons. The van der Waals surface area contributed by atoms with Crippen molar-refractivity contribution in [3.8, 4) is 44.5 Å². The fourth-order valence-electron chi connectivity index (χ4n) is 4.89. The molecule has 5 rings (SSSR count). The summed E-state index contributed by atoms with van der Waals surface area (Å²) in [6, 6.07) is 24.1. The minimum absolute atomic E-state index is 0.0572. The molecule has 0 saturated carbocycles. The molecule has 42 heavy (non-hydrogen) atoms. The van der Waals surface area contributed by atoms with Gasteiger partial charge in [0.1, 0.15) is 0 Å². The summed E-state index contributed by atoms with van der Waals surface area (Å²) >= 11 is 0. The van der Waals surface area contributed by atoms with E-state index >= 15 is 0 Å². The Bertz CT molecular complexity index is 1680. The van der Waals surface area contributed by atoms with Crippen LogP contribution in [0, 0.1) is 0 Å². The Hall–Kier alpha value is -6.09. The third kappa shape index (κ3) is 5.22. The Morgan fingerprint density at radius 2 is 0.714 bits per heavy atom. The highest BCUT2D eigenvalue weighted by Gasteiger charge is 2.26. The van der Waals surface area contributed by atoms with Crippen LogP contribution in [0.15, 0.2) is 103 Å². The van der Waals surface area contributed by atoms with Crippen molar-refractivity contribution in [1.29, 1.82) is 0 Å². The maximum atomic E-state index is 12.4. The number of carboxylic acids is 4. The second kappa shape index (κ2) is 11.2. The molecule has 0 spiro atoms. The smallest absolute Gasteiger partial charge is 0.336 e. The van der Waals surface area contributed by atoms with Crippen LogP contribution < -0.4 is 0 Å². The molecule has 5 aromatic rings. The number of benzene rings is 4. The maximum Gasteiger partial charge on any atom is 0.336 e. The molecule has 1 aromatic heterocycles. The molecular formula is C33H21NO8. The lowest BCUT2D eigenvalue weighted by Gasteiger charge is -2.16. The van der Waals surface area contributed by atoms with E-state index in [1.807, 2.05) is 0 Å². The van der Waals surface area contributed by atoms with Gasteiger partial charge in [-0.1, -0.05) is 60.7 Å². The van der Waals surface area contributed by atoms with Crippen molar-refractivity contribution >= 4 is 23.9 Å². The molecule has 0 unspecified atom stereocenters. The predicted octanol–water partition coefficient (Wildman–Crippen LogP) is 6.54. The van der Waals surface area contributed by atoms with Crippen LogP contribution in [0.1, 0.15) is 41.4 Å². The third-order valence-electron chi connectivity index (χ3n) is 6.73. The largest absolute Gasteiger partial charge is 0.478 e. The van der Waals surface area contributed by atoms with E-state index in [-0.39, 0.29) is 44.5 Å². The topological polar surface area (TPSA) is 162 Å². The lowest BCUT2D eigenvalue weighted by atomic mass is 9.87. The second-order valence-corrected chi connectivity index (χ2v) is 9.31. The van der Waals surface area contributed by atoms with Crippen LogP contribution in [0.4, 0.5) is 0 Å². The monoisotopic (exact) mass is 559 g/mol.